The highest BCUT2D eigenvalue weighted by molar-refractivity contribution is 6.17. The normalized spacial score (nSPS) is 25.2. The molecule has 0 aromatic carbocycles. The maximum Gasteiger partial charge on any atom is 0.248 e. The molecule has 0 saturated carbocycles. The summed E-state index contributed by atoms with van der Waals surface area (Å²) in [5.41, 5.74) is 0.00885. The third-order valence-corrected chi connectivity index (χ3v) is 2.94. The molecule has 0 spiro atoms. The minimum atomic E-state index is -0.697. The van der Waals surface area contributed by atoms with Crippen LogP contribution in [0.5, 0.6) is 0 Å². The van der Waals surface area contributed by atoms with Crippen LogP contribution in [0, 0.1) is 5.92 Å². The molecule has 1 N–H and O–H groups in total. The van der Waals surface area contributed by atoms with E-state index in [1.54, 1.807) is 12.2 Å². The van der Waals surface area contributed by atoms with Crippen molar-refractivity contribution in [3.63, 3.8) is 0 Å². The van der Waals surface area contributed by atoms with E-state index in [9.17, 15) is 14.4 Å². The molecular weight excluding hydrogens is 258 g/mol. The van der Waals surface area contributed by atoms with Crippen molar-refractivity contribution in [3.8, 4) is 0 Å². The van der Waals surface area contributed by atoms with Crippen molar-refractivity contribution in [2.24, 2.45) is 5.92 Å². The fourth-order valence-corrected chi connectivity index (χ4v) is 1.82. The molecule has 5 heteroatoms. The van der Waals surface area contributed by atoms with Crippen molar-refractivity contribution in [1.82, 2.24) is 5.32 Å². The molecule has 5 nitrogen and oxygen atoms in total. The Hall–Kier alpha value is -2.01. The Kier molecular flexibility index (Phi) is 4.29. The van der Waals surface area contributed by atoms with Gasteiger partial charge in [0.05, 0.1) is 5.70 Å². The molecule has 0 aromatic heterocycles. The van der Waals surface area contributed by atoms with Gasteiger partial charge in [-0.1, -0.05) is 32.1 Å². The van der Waals surface area contributed by atoms with Gasteiger partial charge in [-0.25, -0.2) is 0 Å². The molecule has 106 valence electrons. The Morgan fingerprint density at radius 3 is 2.80 bits per heavy atom. The first-order chi connectivity index (χ1) is 9.49. The van der Waals surface area contributed by atoms with E-state index >= 15 is 0 Å². The zero-order valence-electron chi connectivity index (χ0n) is 11.5. The smallest absolute Gasteiger partial charge is 0.248 e. The zero-order chi connectivity index (χ0) is 14.7. The average Bonchev–Trinajstić information content (AvgIpc) is 3.15. The number of hydrogen-bond donors (Lipinski definition) is 1. The van der Waals surface area contributed by atoms with Crippen LogP contribution >= 0.6 is 0 Å². The maximum absolute atomic E-state index is 11.7. The third-order valence-electron chi connectivity index (χ3n) is 2.94. The first-order valence-corrected chi connectivity index (χ1v) is 6.58. The van der Waals surface area contributed by atoms with Gasteiger partial charge in [-0.2, -0.15) is 0 Å². The van der Waals surface area contributed by atoms with E-state index < -0.39 is 18.1 Å². The number of carbonyl (C=O) groups is 3. The number of allylic oxidation sites excluding steroid dienone is 3. The summed E-state index contributed by atoms with van der Waals surface area (Å²) < 4.78 is 4.92. The zero-order valence-corrected chi connectivity index (χ0v) is 11.5. The largest absolute Gasteiger partial charge is 0.352 e. The SMILES string of the molecule is CC(C)C/C=C/C=C/C(=O)NC1=CC(=O)[C@H]2O[C@H]2C1=O. The molecule has 2 rings (SSSR count). The fraction of sp³-hybridized carbons (Fsp3) is 0.400. The first-order valence-electron chi connectivity index (χ1n) is 6.58. The number of carbonyl (C=O) groups excluding carboxylic acids is 3. The van der Waals surface area contributed by atoms with Gasteiger partial charge in [0.25, 0.3) is 0 Å². The number of Topliss-reactive ketones (excluding diaryl/α,β-unsaturated/α-hetero) is 1. The van der Waals surface area contributed by atoms with E-state index in [1.165, 1.54) is 6.08 Å². The van der Waals surface area contributed by atoms with Crippen molar-refractivity contribution in [2.45, 2.75) is 32.5 Å². The summed E-state index contributed by atoms with van der Waals surface area (Å²) in [5.74, 6) is -0.487. The lowest BCUT2D eigenvalue weighted by Crippen LogP contribution is -2.33. The van der Waals surface area contributed by atoms with Crippen molar-refractivity contribution in [2.75, 3.05) is 0 Å². The Bertz CT molecular complexity index is 528. The molecule has 1 fully saturated rings. The van der Waals surface area contributed by atoms with Gasteiger partial charge in [0.1, 0.15) is 0 Å². The van der Waals surface area contributed by atoms with Gasteiger partial charge in [-0.15, -0.1) is 0 Å². The summed E-state index contributed by atoms with van der Waals surface area (Å²) in [6.45, 7) is 4.21. The lowest BCUT2D eigenvalue weighted by molar-refractivity contribution is -0.122. The molecule has 1 aliphatic heterocycles. The van der Waals surface area contributed by atoms with Crippen molar-refractivity contribution in [3.05, 3.63) is 36.1 Å². The highest BCUT2D eigenvalue weighted by Gasteiger charge is 2.53. The van der Waals surface area contributed by atoms with Gasteiger partial charge in [0.15, 0.2) is 18.0 Å². The Labute approximate surface area is 117 Å². The van der Waals surface area contributed by atoms with E-state index in [4.69, 9.17) is 4.74 Å². The number of ketones is 2. The van der Waals surface area contributed by atoms with Gasteiger partial charge < -0.3 is 10.1 Å². The highest BCUT2D eigenvalue weighted by Crippen LogP contribution is 2.30. The summed E-state index contributed by atoms with van der Waals surface area (Å²) in [6.07, 6.45) is 7.41. The molecule has 20 heavy (non-hydrogen) atoms. The van der Waals surface area contributed by atoms with Crippen LogP contribution in [0.25, 0.3) is 0 Å². The lowest BCUT2D eigenvalue weighted by Gasteiger charge is -2.07. The van der Waals surface area contributed by atoms with Gasteiger partial charge in [0.2, 0.25) is 11.7 Å². The minimum Gasteiger partial charge on any atom is -0.352 e. The van der Waals surface area contributed by atoms with Crippen LogP contribution in [0.4, 0.5) is 0 Å². The topological polar surface area (TPSA) is 75.8 Å². The second-order valence-electron chi connectivity index (χ2n) is 5.21. The number of nitrogens with one attached hydrogen (secondary N) is 1. The molecule has 1 aliphatic carbocycles. The molecule has 0 aromatic rings. The summed E-state index contributed by atoms with van der Waals surface area (Å²) in [6, 6.07) is 0. The fourth-order valence-electron chi connectivity index (χ4n) is 1.82. The van der Waals surface area contributed by atoms with Crippen molar-refractivity contribution in [1.29, 1.82) is 0 Å². The van der Waals surface area contributed by atoms with E-state index in [1.807, 2.05) is 6.08 Å². The molecule has 0 bridgehead atoms. The molecule has 2 aliphatic rings. The number of fused-ring (bicyclic) bond motifs is 1. The van der Waals surface area contributed by atoms with Crippen LogP contribution in [-0.2, 0) is 19.1 Å². The van der Waals surface area contributed by atoms with Gasteiger partial charge in [0, 0.05) is 12.2 Å². The van der Waals surface area contributed by atoms with Gasteiger partial charge >= 0.3 is 0 Å². The van der Waals surface area contributed by atoms with E-state index in [2.05, 4.69) is 19.2 Å². The highest BCUT2D eigenvalue weighted by atomic mass is 16.6. The minimum absolute atomic E-state index is 0.00885. The number of epoxide rings is 1. The second-order valence-corrected chi connectivity index (χ2v) is 5.21. The van der Waals surface area contributed by atoms with E-state index in [-0.39, 0.29) is 17.3 Å². The van der Waals surface area contributed by atoms with Crippen molar-refractivity contribution < 1.29 is 19.1 Å². The molecule has 1 amide bonds. The quantitative estimate of drug-likeness (QED) is 0.462. The summed E-state index contributed by atoms with van der Waals surface area (Å²) >= 11 is 0. The summed E-state index contributed by atoms with van der Waals surface area (Å²) in [5, 5.41) is 2.41. The standard InChI is InChI=1S/C15H17NO4/c1-9(2)6-4-3-5-7-12(18)16-10-8-11(17)14-15(20-14)13(10)19/h3-5,7-9,14-15H,6H2,1-2H3,(H,16,18)/b4-3+,7-5+/t14-,15+/m1/s1. The molecule has 0 radical (unpaired) electrons. The first kappa shape index (κ1) is 14.4. The molecule has 1 saturated heterocycles. The van der Waals surface area contributed by atoms with Crippen LogP contribution in [0.3, 0.4) is 0 Å². The number of ether oxygens (including phenoxy) is 1. The van der Waals surface area contributed by atoms with Crippen LogP contribution in [0.1, 0.15) is 20.3 Å². The molecule has 2 atom stereocenters. The third kappa shape index (κ3) is 3.51. The lowest BCUT2D eigenvalue weighted by atomic mass is 10.0. The Morgan fingerprint density at radius 2 is 2.10 bits per heavy atom. The van der Waals surface area contributed by atoms with Crippen LogP contribution in [0.15, 0.2) is 36.1 Å². The van der Waals surface area contributed by atoms with E-state index in [0.29, 0.717) is 5.92 Å². The Balaban J connectivity index is 1.85. The van der Waals surface area contributed by atoms with Gasteiger partial charge in [-0.3, -0.25) is 14.4 Å². The number of amides is 1. The van der Waals surface area contributed by atoms with Gasteiger partial charge in [-0.05, 0) is 12.3 Å². The van der Waals surface area contributed by atoms with Crippen LogP contribution < -0.4 is 5.32 Å². The van der Waals surface area contributed by atoms with Crippen LogP contribution in [-0.4, -0.2) is 29.7 Å². The van der Waals surface area contributed by atoms with Crippen molar-refractivity contribution >= 4 is 17.5 Å². The number of hydrogen-bond acceptors (Lipinski definition) is 4. The van der Waals surface area contributed by atoms with E-state index in [0.717, 1.165) is 12.5 Å². The molecular formula is C15H17NO4. The summed E-state index contributed by atoms with van der Waals surface area (Å²) in [7, 11) is 0. The number of rotatable bonds is 5. The molecule has 1 heterocycles. The monoisotopic (exact) mass is 275 g/mol. The predicted octanol–water partition coefficient (Wildman–Crippen LogP) is 1.06. The maximum atomic E-state index is 11.7. The Morgan fingerprint density at radius 1 is 1.35 bits per heavy atom. The second kappa shape index (κ2) is 5.96. The van der Waals surface area contributed by atoms with Crippen LogP contribution in [0.2, 0.25) is 0 Å². The average molecular weight is 275 g/mol. The predicted molar refractivity (Wildman–Crippen MR) is 72.6 cm³/mol. The molecule has 0 unspecified atom stereocenters. The summed E-state index contributed by atoms with van der Waals surface area (Å²) in [4.78, 5) is 34.7.